The summed E-state index contributed by atoms with van der Waals surface area (Å²) in [6.07, 6.45) is 16.8. The SMILES string of the molecule is C=C(C)NC1(C)C=CC(C(=C)/C=C(/CC)C2=CCC(C)C=C2C)=CC1. The number of hydrogen-bond donors (Lipinski definition) is 1. The molecule has 0 amide bonds. The molecule has 134 valence electrons. The Morgan fingerprint density at radius 2 is 2.08 bits per heavy atom. The van der Waals surface area contributed by atoms with Crippen LogP contribution in [0.1, 0.15) is 53.9 Å². The summed E-state index contributed by atoms with van der Waals surface area (Å²) in [6.45, 7) is 19.2. The average Bonchev–Trinajstić information content (AvgIpc) is 2.52. The summed E-state index contributed by atoms with van der Waals surface area (Å²) < 4.78 is 0. The summed E-state index contributed by atoms with van der Waals surface area (Å²) in [5.74, 6) is 0.646. The number of hydrogen-bond acceptors (Lipinski definition) is 1. The minimum absolute atomic E-state index is 0.0473. The van der Waals surface area contributed by atoms with Crippen molar-refractivity contribution in [2.24, 2.45) is 5.92 Å². The van der Waals surface area contributed by atoms with Crippen LogP contribution in [0.25, 0.3) is 0 Å². The van der Waals surface area contributed by atoms with Crippen LogP contribution in [0.2, 0.25) is 0 Å². The zero-order valence-corrected chi connectivity index (χ0v) is 16.6. The topological polar surface area (TPSA) is 12.0 Å². The van der Waals surface area contributed by atoms with Crippen molar-refractivity contribution < 1.29 is 0 Å². The molecule has 1 N–H and O–H groups in total. The zero-order valence-electron chi connectivity index (χ0n) is 16.6. The van der Waals surface area contributed by atoms with Gasteiger partial charge in [-0.15, -0.1) is 0 Å². The highest BCUT2D eigenvalue weighted by molar-refractivity contribution is 5.55. The van der Waals surface area contributed by atoms with Gasteiger partial charge in [-0.1, -0.05) is 63.5 Å². The summed E-state index contributed by atoms with van der Waals surface area (Å²) in [6, 6.07) is 0. The third kappa shape index (κ3) is 4.98. The van der Waals surface area contributed by atoms with Crippen LogP contribution in [-0.4, -0.2) is 5.54 Å². The van der Waals surface area contributed by atoms with Crippen LogP contribution >= 0.6 is 0 Å². The molecule has 1 heteroatoms. The van der Waals surface area contributed by atoms with Crippen LogP contribution < -0.4 is 5.32 Å². The number of allylic oxidation sites excluding steroid dienone is 10. The van der Waals surface area contributed by atoms with Gasteiger partial charge < -0.3 is 5.32 Å². The Kier molecular flexibility index (Phi) is 6.11. The largest absolute Gasteiger partial charge is 0.380 e. The maximum atomic E-state index is 4.33. The summed E-state index contributed by atoms with van der Waals surface area (Å²) in [7, 11) is 0. The molecule has 2 aliphatic rings. The second-order valence-electron chi connectivity index (χ2n) is 7.75. The molecule has 0 bridgehead atoms. The second-order valence-corrected chi connectivity index (χ2v) is 7.75. The third-order valence-corrected chi connectivity index (χ3v) is 4.97. The molecular weight excluding hydrogens is 302 g/mol. The highest BCUT2D eigenvalue weighted by Crippen LogP contribution is 2.32. The molecule has 0 fully saturated rings. The maximum absolute atomic E-state index is 4.33. The van der Waals surface area contributed by atoms with E-state index >= 15 is 0 Å². The number of nitrogens with one attached hydrogen (secondary N) is 1. The molecule has 2 unspecified atom stereocenters. The first-order valence-corrected chi connectivity index (χ1v) is 9.36. The van der Waals surface area contributed by atoms with Gasteiger partial charge in [-0.2, -0.15) is 0 Å². The van der Waals surface area contributed by atoms with Crippen molar-refractivity contribution in [1.29, 1.82) is 0 Å². The zero-order chi connectivity index (χ0) is 18.6. The van der Waals surface area contributed by atoms with Gasteiger partial charge in [0.2, 0.25) is 0 Å². The fourth-order valence-electron chi connectivity index (χ4n) is 3.65. The smallest absolute Gasteiger partial charge is 0.0562 e. The van der Waals surface area contributed by atoms with Crippen LogP contribution in [0.5, 0.6) is 0 Å². The normalized spacial score (nSPS) is 26.5. The lowest BCUT2D eigenvalue weighted by atomic mass is 9.84. The van der Waals surface area contributed by atoms with E-state index in [0.29, 0.717) is 5.92 Å². The van der Waals surface area contributed by atoms with Crippen LogP contribution in [0.3, 0.4) is 0 Å². The van der Waals surface area contributed by atoms with Gasteiger partial charge in [0.15, 0.2) is 0 Å². The molecule has 0 radical (unpaired) electrons. The highest BCUT2D eigenvalue weighted by Gasteiger charge is 2.22. The van der Waals surface area contributed by atoms with Gasteiger partial charge in [-0.3, -0.25) is 0 Å². The fourth-order valence-corrected chi connectivity index (χ4v) is 3.65. The van der Waals surface area contributed by atoms with E-state index in [2.05, 4.69) is 82.6 Å². The summed E-state index contributed by atoms with van der Waals surface area (Å²) in [4.78, 5) is 0. The van der Waals surface area contributed by atoms with Crippen LogP contribution in [0, 0.1) is 5.92 Å². The first kappa shape index (κ1) is 19.3. The Balaban J connectivity index is 2.15. The molecule has 0 saturated carbocycles. The van der Waals surface area contributed by atoms with E-state index in [1.165, 1.54) is 22.3 Å². The lowest BCUT2D eigenvalue weighted by Gasteiger charge is -2.30. The van der Waals surface area contributed by atoms with Crippen molar-refractivity contribution in [1.82, 2.24) is 5.32 Å². The molecule has 0 aromatic heterocycles. The quantitative estimate of drug-likeness (QED) is 0.542. The molecule has 25 heavy (non-hydrogen) atoms. The standard InChI is InChI=1S/C24H33N/c1-8-21(23-10-9-18(4)15-20(23)6)16-19(5)22-11-13-24(7,14-12-22)25-17(2)3/h10-13,15-16,18,25H,2,5,8-9,14H2,1,3-4,6-7H3/b21-16-. The van der Waals surface area contributed by atoms with E-state index in [1.807, 2.05) is 6.92 Å². The lowest BCUT2D eigenvalue weighted by molar-refractivity contribution is 0.485. The molecular formula is C24H33N. The van der Waals surface area contributed by atoms with Crippen LogP contribution in [-0.2, 0) is 0 Å². The van der Waals surface area contributed by atoms with Crippen LogP contribution in [0.15, 0.2) is 83.2 Å². The van der Waals surface area contributed by atoms with Crippen molar-refractivity contribution in [2.45, 2.75) is 59.4 Å². The molecule has 0 saturated heterocycles. The Labute approximate surface area is 154 Å². The summed E-state index contributed by atoms with van der Waals surface area (Å²) in [5.41, 5.74) is 7.44. The minimum atomic E-state index is -0.0473. The van der Waals surface area contributed by atoms with E-state index in [0.717, 1.165) is 30.5 Å². The second kappa shape index (κ2) is 7.91. The molecule has 2 atom stereocenters. The van der Waals surface area contributed by atoms with Crippen molar-refractivity contribution in [2.75, 3.05) is 0 Å². The molecule has 0 aromatic carbocycles. The van der Waals surface area contributed by atoms with Gasteiger partial charge in [0.1, 0.15) is 0 Å². The summed E-state index contributed by atoms with van der Waals surface area (Å²) in [5, 5.41) is 3.44. The van der Waals surface area contributed by atoms with Gasteiger partial charge in [0.05, 0.1) is 5.54 Å². The van der Waals surface area contributed by atoms with Gasteiger partial charge >= 0.3 is 0 Å². The van der Waals surface area contributed by atoms with E-state index in [1.54, 1.807) is 0 Å². The van der Waals surface area contributed by atoms with E-state index in [-0.39, 0.29) is 5.54 Å². The average molecular weight is 336 g/mol. The first-order chi connectivity index (χ1) is 11.7. The summed E-state index contributed by atoms with van der Waals surface area (Å²) >= 11 is 0. The minimum Gasteiger partial charge on any atom is -0.380 e. The molecule has 1 nitrogen and oxygen atoms in total. The Morgan fingerprint density at radius 3 is 2.60 bits per heavy atom. The Bertz CT molecular complexity index is 708. The monoisotopic (exact) mass is 335 g/mol. The fraction of sp³-hybridized carbons (Fsp3) is 0.417. The lowest BCUT2D eigenvalue weighted by Crippen LogP contribution is -2.39. The van der Waals surface area contributed by atoms with Crippen molar-refractivity contribution in [3.05, 3.63) is 83.2 Å². The van der Waals surface area contributed by atoms with Crippen molar-refractivity contribution in [3.63, 3.8) is 0 Å². The van der Waals surface area contributed by atoms with Gasteiger partial charge in [-0.05, 0) is 73.8 Å². The Hall–Kier alpha value is -2.02. The maximum Gasteiger partial charge on any atom is 0.0562 e. The van der Waals surface area contributed by atoms with Crippen molar-refractivity contribution >= 4 is 0 Å². The molecule has 0 aliphatic heterocycles. The number of rotatable bonds is 6. The first-order valence-electron chi connectivity index (χ1n) is 9.36. The predicted octanol–water partition coefficient (Wildman–Crippen LogP) is 6.56. The van der Waals surface area contributed by atoms with E-state index in [4.69, 9.17) is 0 Å². The van der Waals surface area contributed by atoms with Gasteiger partial charge in [0.25, 0.3) is 0 Å². The van der Waals surface area contributed by atoms with E-state index < -0.39 is 0 Å². The molecule has 0 spiro atoms. The third-order valence-electron chi connectivity index (χ3n) is 4.97. The molecule has 0 heterocycles. The van der Waals surface area contributed by atoms with Crippen LogP contribution in [0.4, 0.5) is 0 Å². The molecule has 2 aliphatic carbocycles. The predicted molar refractivity (Wildman–Crippen MR) is 111 cm³/mol. The van der Waals surface area contributed by atoms with Gasteiger partial charge in [-0.25, -0.2) is 0 Å². The Morgan fingerprint density at radius 1 is 1.36 bits per heavy atom. The van der Waals surface area contributed by atoms with E-state index in [9.17, 15) is 0 Å². The van der Waals surface area contributed by atoms with Gasteiger partial charge in [0, 0.05) is 5.70 Å². The highest BCUT2D eigenvalue weighted by atomic mass is 15.0. The van der Waals surface area contributed by atoms with Crippen molar-refractivity contribution in [3.8, 4) is 0 Å². The molecule has 2 rings (SSSR count). The molecule has 0 aromatic rings.